The summed E-state index contributed by atoms with van der Waals surface area (Å²) in [5.41, 5.74) is 2.42. The topological polar surface area (TPSA) is 77.4 Å². The summed E-state index contributed by atoms with van der Waals surface area (Å²) in [7, 11) is 0. The van der Waals surface area contributed by atoms with Gasteiger partial charge in [-0.3, -0.25) is 4.90 Å². The number of aromatic nitrogens is 3. The molecule has 1 aromatic carbocycles. The van der Waals surface area contributed by atoms with Gasteiger partial charge in [-0.05, 0) is 6.92 Å². The molecule has 0 N–H and O–H groups in total. The van der Waals surface area contributed by atoms with Crippen LogP contribution in [0.4, 0.5) is 0 Å². The Labute approximate surface area is 139 Å². The fourth-order valence-corrected chi connectivity index (χ4v) is 2.79. The Bertz CT molecular complexity index is 806. The standard InChI is InChI=1S/C17H18N4O3/c1-12-15(16(20-24-12)13-5-3-2-4-6-13)17-19-18-14(23-17)11-21-7-9-22-10-8-21/h2-6H,7-11H2,1H3. The third-order valence-corrected chi connectivity index (χ3v) is 4.05. The van der Waals surface area contributed by atoms with Crippen LogP contribution in [-0.4, -0.2) is 46.6 Å². The van der Waals surface area contributed by atoms with Crippen LogP contribution in [0.25, 0.3) is 22.7 Å². The summed E-state index contributed by atoms with van der Waals surface area (Å²) in [5.74, 6) is 1.69. The van der Waals surface area contributed by atoms with Gasteiger partial charge < -0.3 is 13.7 Å². The van der Waals surface area contributed by atoms with E-state index in [1.54, 1.807) is 0 Å². The van der Waals surface area contributed by atoms with Crippen molar-refractivity contribution >= 4 is 0 Å². The zero-order valence-corrected chi connectivity index (χ0v) is 13.4. The third-order valence-electron chi connectivity index (χ3n) is 4.05. The highest BCUT2D eigenvalue weighted by molar-refractivity contribution is 5.77. The Morgan fingerprint density at radius 3 is 2.67 bits per heavy atom. The van der Waals surface area contributed by atoms with Crippen LogP contribution in [0.3, 0.4) is 0 Å². The molecule has 0 aliphatic carbocycles. The number of rotatable bonds is 4. The average Bonchev–Trinajstić information content (AvgIpc) is 3.23. The maximum absolute atomic E-state index is 5.87. The molecule has 3 aromatic rings. The van der Waals surface area contributed by atoms with E-state index in [9.17, 15) is 0 Å². The van der Waals surface area contributed by atoms with Crippen molar-refractivity contribution in [2.75, 3.05) is 26.3 Å². The molecule has 0 radical (unpaired) electrons. The summed E-state index contributed by atoms with van der Waals surface area (Å²) in [6.07, 6.45) is 0. The number of aryl methyl sites for hydroxylation is 1. The summed E-state index contributed by atoms with van der Waals surface area (Å²) >= 11 is 0. The maximum Gasteiger partial charge on any atom is 0.253 e. The Kier molecular flexibility index (Phi) is 4.10. The fraction of sp³-hybridized carbons (Fsp3) is 0.353. The van der Waals surface area contributed by atoms with Gasteiger partial charge in [-0.15, -0.1) is 10.2 Å². The van der Waals surface area contributed by atoms with Crippen LogP contribution in [0, 0.1) is 6.92 Å². The van der Waals surface area contributed by atoms with Crippen LogP contribution in [0.1, 0.15) is 11.7 Å². The van der Waals surface area contributed by atoms with Crippen LogP contribution < -0.4 is 0 Å². The SMILES string of the molecule is Cc1onc(-c2ccccc2)c1-c1nnc(CN2CCOCC2)o1. The molecule has 2 aromatic heterocycles. The number of nitrogens with zero attached hydrogens (tertiary/aromatic N) is 4. The van der Waals surface area contributed by atoms with Gasteiger partial charge >= 0.3 is 0 Å². The second kappa shape index (κ2) is 6.54. The maximum atomic E-state index is 5.87. The number of ether oxygens (including phenoxy) is 1. The monoisotopic (exact) mass is 326 g/mol. The molecule has 1 fully saturated rings. The van der Waals surface area contributed by atoms with Crippen LogP contribution in [0.15, 0.2) is 39.3 Å². The molecular weight excluding hydrogens is 308 g/mol. The van der Waals surface area contributed by atoms with Gasteiger partial charge in [0, 0.05) is 18.7 Å². The van der Waals surface area contributed by atoms with Gasteiger partial charge in [-0.25, -0.2) is 0 Å². The predicted octanol–water partition coefficient (Wildman–Crippen LogP) is 2.53. The van der Waals surface area contributed by atoms with E-state index in [1.165, 1.54) is 0 Å². The Hall–Kier alpha value is -2.51. The molecule has 24 heavy (non-hydrogen) atoms. The smallest absolute Gasteiger partial charge is 0.253 e. The van der Waals surface area contributed by atoms with E-state index in [2.05, 4.69) is 20.3 Å². The summed E-state index contributed by atoms with van der Waals surface area (Å²) in [6.45, 7) is 5.70. The van der Waals surface area contributed by atoms with Crippen molar-refractivity contribution in [1.29, 1.82) is 0 Å². The average molecular weight is 326 g/mol. The first kappa shape index (κ1) is 15.0. The van der Waals surface area contributed by atoms with Crippen molar-refractivity contribution in [2.45, 2.75) is 13.5 Å². The normalized spacial score (nSPS) is 15.7. The van der Waals surface area contributed by atoms with Gasteiger partial charge in [0.2, 0.25) is 5.89 Å². The largest absolute Gasteiger partial charge is 0.419 e. The molecule has 1 aliphatic heterocycles. The zero-order valence-electron chi connectivity index (χ0n) is 13.4. The van der Waals surface area contributed by atoms with E-state index < -0.39 is 0 Å². The predicted molar refractivity (Wildman–Crippen MR) is 86.1 cm³/mol. The second-order valence-corrected chi connectivity index (χ2v) is 5.72. The molecule has 0 unspecified atom stereocenters. The van der Waals surface area contributed by atoms with Crippen molar-refractivity contribution < 1.29 is 13.7 Å². The van der Waals surface area contributed by atoms with E-state index >= 15 is 0 Å². The first-order chi connectivity index (χ1) is 11.8. The lowest BCUT2D eigenvalue weighted by Crippen LogP contribution is -2.35. The minimum absolute atomic E-state index is 0.441. The number of benzene rings is 1. The van der Waals surface area contributed by atoms with E-state index in [0.29, 0.717) is 24.1 Å². The highest BCUT2D eigenvalue weighted by Crippen LogP contribution is 2.33. The lowest BCUT2D eigenvalue weighted by molar-refractivity contribution is 0.0306. The molecule has 4 rings (SSSR count). The summed E-state index contributed by atoms with van der Waals surface area (Å²) in [5, 5.41) is 12.5. The molecule has 3 heterocycles. The lowest BCUT2D eigenvalue weighted by Gasteiger charge is -2.24. The van der Waals surface area contributed by atoms with Gasteiger partial charge in [-0.2, -0.15) is 0 Å². The van der Waals surface area contributed by atoms with Crippen molar-refractivity contribution in [2.24, 2.45) is 0 Å². The van der Waals surface area contributed by atoms with Crippen molar-refractivity contribution in [3.63, 3.8) is 0 Å². The van der Waals surface area contributed by atoms with Crippen molar-refractivity contribution in [3.05, 3.63) is 42.0 Å². The first-order valence-electron chi connectivity index (χ1n) is 7.96. The van der Waals surface area contributed by atoms with Crippen molar-refractivity contribution in [1.82, 2.24) is 20.3 Å². The molecule has 1 saturated heterocycles. The van der Waals surface area contributed by atoms with E-state index in [4.69, 9.17) is 13.7 Å². The first-order valence-corrected chi connectivity index (χ1v) is 7.96. The second-order valence-electron chi connectivity index (χ2n) is 5.72. The molecule has 0 amide bonds. The molecule has 1 aliphatic rings. The minimum Gasteiger partial charge on any atom is -0.419 e. The minimum atomic E-state index is 0.441. The molecule has 124 valence electrons. The molecule has 0 bridgehead atoms. The highest BCUT2D eigenvalue weighted by atomic mass is 16.5. The Balaban J connectivity index is 1.62. The molecule has 0 spiro atoms. The summed E-state index contributed by atoms with van der Waals surface area (Å²) in [4.78, 5) is 2.24. The van der Waals surface area contributed by atoms with Crippen molar-refractivity contribution in [3.8, 4) is 22.7 Å². The highest BCUT2D eigenvalue weighted by Gasteiger charge is 2.22. The third kappa shape index (κ3) is 2.95. The van der Waals surface area contributed by atoms with Gasteiger partial charge in [0.1, 0.15) is 17.0 Å². The molecule has 7 heteroatoms. The quantitative estimate of drug-likeness (QED) is 0.729. The molecule has 0 saturated carbocycles. The molecular formula is C17H18N4O3. The van der Waals surface area contributed by atoms with Crippen LogP contribution in [0.2, 0.25) is 0 Å². The van der Waals surface area contributed by atoms with E-state index in [1.807, 2.05) is 37.3 Å². The molecule has 7 nitrogen and oxygen atoms in total. The molecule has 0 atom stereocenters. The Morgan fingerprint density at radius 1 is 1.08 bits per heavy atom. The van der Waals surface area contributed by atoms with Gasteiger partial charge in [0.15, 0.2) is 0 Å². The van der Waals surface area contributed by atoms with E-state index in [0.717, 1.165) is 43.1 Å². The number of morpholine rings is 1. The number of hydrogen-bond donors (Lipinski definition) is 0. The van der Waals surface area contributed by atoms with Crippen LogP contribution >= 0.6 is 0 Å². The van der Waals surface area contributed by atoms with Gasteiger partial charge in [0.05, 0.1) is 19.8 Å². The van der Waals surface area contributed by atoms with Gasteiger partial charge in [-0.1, -0.05) is 35.5 Å². The number of hydrogen-bond acceptors (Lipinski definition) is 7. The summed E-state index contributed by atoms with van der Waals surface area (Å²) < 4.78 is 16.6. The van der Waals surface area contributed by atoms with E-state index in [-0.39, 0.29) is 0 Å². The fourth-order valence-electron chi connectivity index (χ4n) is 2.79. The van der Waals surface area contributed by atoms with Gasteiger partial charge in [0.25, 0.3) is 5.89 Å². The van der Waals surface area contributed by atoms with Crippen LogP contribution in [0.5, 0.6) is 0 Å². The Morgan fingerprint density at radius 2 is 1.88 bits per heavy atom. The van der Waals surface area contributed by atoms with Crippen LogP contribution in [-0.2, 0) is 11.3 Å². The summed E-state index contributed by atoms with van der Waals surface area (Å²) in [6, 6.07) is 9.84. The lowest BCUT2D eigenvalue weighted by atomic mass is 10.1. The zero-order chi connectivity index (χ0) is 16.4.